The van der Waals surface area contributed by atoms with Gasteiger partial charge in [0.1, 0.15) is 5.75 Å². The number of hydrogen-bond donors (Lipinski definition) is 1. The second-order valence-corrected chi connectivity index (χ2v) is 11.2. The van der Waals surface area contributed by atoms with Gasteiger partial charge in [-0.1, -0.05) is 30.3 Å². The predicted molar refractivity (Wildman–Crippen MR) is 137 cm³/mol. The van der Waals surface area contributed by atoms with Gasteiger partial charge in [-0.2, -0.15) is 0 Å². The topological polar surface area (TPSA) is 71.5 Å². The number of sulfonamides is 1. The minimum absolute atomic E-state index is 0.190. The fraction of sp³-hybridized carbons (Fsp3) is 0.269. The second kappa shape index (κ2) is 9.37. The van der Waals surface area contributed by atoms with Gasteiger partial charge in [0, 0.05) is 17.6 Å². The molecule has 34 heavy (non-hydrogen) atoms. The van der Waals surface area contributed by atoms with Gasteiger partial charge in [-0.15, -0.1) is 11.3 Å². The molecular weight excluding hydrogens is 466 g/mol. The van der Waals surface area contributed by atoms with Crippen molar-refractivity contribution in [2.45, 2.75) is 37.2 Å². The number of fused-ring (bicyclic) bond motifs is 1. The number of hydrogen-bond acceptors (Lipinski definition) is 6. The summed E-state index contributed by atoms with van der Waals surface area (Å²) in [6, 6.07) is 17.6. The average Bonchev–Trinajstić information content (AvgIpc) is 3.57. The van der Waals surface area contributed by atoms with Gasteiger partial charge in [0.05, 0.1) is 18.6 Å². The van der Waals surface area contributed by atoms with Gasteiger partial charge in [-0.3, -0.25) is 0 Å². The quantitative estimate of drug-likeness (QED) is 0.372. The van der Waals surface area contributed by atoms with Crippen LogP contribution in [0.3, 0.4) is 0 Å². The van der Waals surface area contributed by atoms with E-state index in [0.29, 0.717) is 11.2 Å². The van der Waals surface area contributed by atoms with Gasteiger partial charge in [-0.05, 0) is 78.0 Å². The molecule has 1 aromatic heterocycles. The minimum Gasteiger partial charge on any atom is -0.497 e. The third-order valence-corrected chi connectivity index (χ3v) is 9.05. The first-order chi connectivity index (χ1) is 16.5. The van der Waals surface area contributed by atoms with Crippen molar-refractivity contribution in [3.8, 4) is 5.75 Å². The van der Waals surface area contributed by atoms with Crippen molar-refractivity contribution < 1.29 is 13.2 Å². The number of ether oxygens (including phenoxy) is 1. The van der Waals surface area contributed by atoms with Crippen LogP contribution in [0.25, 0.3) is 10.8 Å². The molecule has 0 saturated carbocycles. The van der Waals surface area contributed by atoms with E-state index < -0.39 is 10.0 Å². The van der Waals surface area contributed by atoms with Crippen LogP contribution in [-0.2, 0) is 16.6 Å². The molecule has 0 spiro atoms. The first-order valence-corrected chi connectivity index (χ1v) is 13.6. The number of rotatable bonds is 7. The number of nitrogens with one attached hydrogen (secondary N) is 1. The van der Waals surface area contributed by atoms with E-state index in [9.17, 15) is 8.42 Å². The maximum absolute atomic E-state index is 13.9. The molecule has 176 valence electrons. The minimum atomic E-state index is -3.84. The molecule has 1 atom stereocenters. The van der Waals surface area contributed by atoms with Gasteiger partial charge < -0.3 is 10.1 Å². The summed E-state index contributed by atoms with van der Waals surface area (Å²) in [6.07, 6.45) is 3.88. The Bertz CT molecular complexity index is 1410. The molecule has 1 aliphatic heterocycles. The van der Waals surface area contributed by atoms with Crippen LogP contribution in [0.1, 0.15) is 35.6 Å². The molecule has 1 N–H and O–H groups in total. The molecule has 0 amide bonds. The maximum Gasteiger partial charge on any atom is 0.266 e. The fourth-order valence-corrected chi connectivity index (χ4v) is 6.85. The monoisotopic (exact) mass is 493 g/mol. The van der Waals surface area contributed by atoms with Gasteiger partial charge >= 0.3 is 0 Å². The van der Waals surface area contributed by atoms with Gasteiger partial charge in [0.15, 0.2) is 5.13 Å². The number of nitrogens with zero attached hydrogens (tertiary/aromatic N) is 2. The summed E-state index contributed by atoms with van der Waals surface area (Å²) in [5, 5.41) is 7.79. The predicted octanol–water partition coefficient (Wildman–Crippen LogP) is 5.43. The summed E-state index contributed by atoms with van der Waals surface area (Å²) in [5.41, 5.74) is 3.09. The Morgan fingerprint density at radius 1 is 1.18 bits per heavy atom. The number of methoxy groups -OCH3 is 1. The fourth-order valence-electron chi connectivity index (χ4n) is 4.55. The van der Waals surface area contributed by atoms with Crippen LogP contribution in [0.2, 0.25) is 0 Å². The molecule has 0 bridgehead atoms. The van der Waals surface area contributed by atoms with Crippen LogP contribution in [0.5, 0.6) is 5.75 Å². The molecule has 1 fully saturated rings. The first kappa shape index (κ1) is 22.8. The van der Waals surface area contributed by atoms with Crippen molar-refractivity contribution in [3.05, 3.63) is 82.9 Å². The van der Waals surface area contributed by atoms with Crippen LogP contribution in [0.15, 0.2) is 71.1 Å². The molecule has 8 heteroatoms. The number of anilines is 1. The third kappa shape index (κ3) is 4.29. The smallest absolute Gasteiger partial charge is 0.266 e. The Balaban J connectivity index is 1.55. The van der Waals surface area contributed by atoms with Crippen LogP contribution in [0.4, 0.5) is 5.13 Å². The van der Waals surface area contributed by atoms with Gasteiger partial charge in [0.25, 0.3) is 10.0 Å². The summed E-state index contributed by atoms with van der Waals surface area (Å²) in [5.74, 6) is 0.743. The summed E-state index contributed by atoms with van der Waals surface area (Å²) in [4.78, 5) is 4.59. The highest BCUT2D eigenvalue weighted by Gasteiger charge is 2.28. The van der Waals surface area contributed by atoms with Crippen LogP contribution in [0, 0.1) is 6.92 Å². The normalized spacial score (nSPS) is 16.1. The van der Waals surface area contributed by atoms with E-state index in [-0.39, 0.29) is 11.4 Å². The summed E-state index contributed by atoms with van der Waals surface area (Å²) >= 11 is 1.31. The molecular formula is C26H27N3O3S2. The molecule has 2 heterocycles. The largest absolute Gasteiger partial charge is 0.497 e. The van der Waals surface area contributed by atoms with Crippen molar-refractivity contribution >= 4 is 37.3 Å². The van der Waals surface area contributed by atoms with E-state index in [1.807, 2.05) is 43.3 Å². The zero-order valence-electron chi connectivity index (χ0n) is 19.2. The number of benzene rings is 3. The number of thiazole rings is 1. The molecule has 0 radical (unpaired) electrons. The lowest BCUT2D eigenvalue weighted by Gasteiger charge is -2.23. The Hall–Kier alpha value is -2.94. The molecule has 0 aliphatic carbocycles. The van der Waals surface area contributed by atoms with Crippen molar-refractivity contribution in [2.24, 2.45) is 0 Å². The standard InChI is InChI=1S/C26H27N3O3S2/c1-18-15-21(32-2)9-8-20(18)17-29(26-28-13-14-33-26)34(30,31)22-10-11-23-19(16-22)5-3-6-24(23)25-7-4-12-27-25/h3,5-6,8-11,13-16,25,27H,4,7,12,17H2,1-2H3. The van der Waals surface area contributed by atoms with Gasteiger partial charge in [0.2, 0.25) is 0 Å². The Labute approximate surface area is 204 Å². The zero-order chi connectivity index (χ0) is 23.7. The maximum atomic E-state index is 13.9. The summed E-state index contributed by atoms with van der Waals surface area (Å²) in [6.45, 7) is 3.16. The molecule has 1 saturated heterocycles. The number of aryl methyl sites for hydroxylation is 1. The van der Waals surface area contributed by atoms with E-state index in [4.69, 9.17) is 4.74 Å². The highest BCUT2D eigenvalue weighted by molar-refractivity contribution is 7.93. The zero-order valence-corrected chi connectivity index (χ0v) is 20.8. The third-order valence-electron chi connectivity index (χ3n) is 6.41. The van der Waals surface area contributed by atoms with E-state index in [1.54, 1.807) is 30.8 Å². The molecule has 3 aromatic carbocycles. The van der Waals surface area contributed by atoms with Crippen LogP contribution >= 0.6 is 11.3 Å². The Morgan fingerprint density at radius 3 is 2.76 bits per heavy atom. The highest BCUT2D eigenvalue weighted by atomic mass is 32.2. The van der Waals surface area contributed by atoms with E-state index >= 15 is 0 Å². The Kier molecular flexibility index (Phi) is 6.29. The van der Waals surface area contributed by atoms with Crippen molar-refractivity contribution in [1.82, 2.24) is 10.3 Å². The van der Waals surface area contributed by atoms with E-state index in [2.05, 4.69) is 16.4 Å². The van der Waals surface area contributed by atoms with Crippen LogP contribution in [-0.4, -0.2) is 27.1 Å². The van der Waals surface area contributed by atoms with Crippen molar-refractivity contribution in [2.75, 3.05) is 18.0 Å². The molecule has 5 rings (SSSR count). The van der Waals surface area contributed by atoms with Crippen molar-refractivity contribution in [3.63, 3.8) is 0 Å². The number of aromatic nitrogens is 1. The SMILES string of the molecule is COc1ccc(CN(c2nccs2)S(=O)(=O)c2ccc3c(C4CCCN4)cccc3c2)c(C)c1. The van der Waals surface area contributed by atoms with Gasteiger partial charge in [-0.25, -0.2) is 17.7 Å². The molecule has 4 aromatic rings. The van der Waals surface area contributed by atoms with Crippen molar-refractivity contribution in [1.29, 1.82) is 0 Å². The van der Waals surface area contributed by atoms with Crippen LogP contribution < -0.4 is 14.4 Å². The highest BCUT2D eigenvalue weighted by Crippen LogP contribution is 2.33. The summed E-state index contributed by atoms with van der Waals surface area (Å²) in [7, 11) is -2.22. The lowest BCUT2D eigenvalue weighted by atomic mass is 9.98. The molecule has 6 nitrogen and oxygen atoms in total. The lowest BCUT2D eigenvalue weighted by molar-refractivity contribution is 0.414. The first-order valence-electron chi connectivity index (χ1n) is 11.3. The Morgan fingerprint density at radius 2 is 2.06 bits per heavy atom. The average molecular weight is 494 g/mol. The van der Waals surface area contributed by atoms with E-state index in [0.717, 1.165) is 47.0 Å². The summed E-state index contributed by atoms with van der Waals surface area (Å²) < 4.78 is 34.5. The molecule has 1 unspecified atom stereocenters. The van der Waals surface area contributed by atoms with E-state index in [1.165, 1.54) is 21.2 Å². The lowest BCUT2D eigenvalue weighted by Crippen LogP contribution is -2.30. The second-order valence-electron chi connectivity index (χ2n) is 8.50. The molecule has 1 aliphatic rings.